The Hall–Kier alpha value is -1.91. The van der Waals surface area contributed by atoms with Gasteiger partial charge in [-0.2, -0.15) is 0 Å². The van der Waals surface area contributed by atoms with Crippen molar-refractivity contribution in [2.24, 2.45) is 17.8 Å². The lowest BCUT2D eigenvalue weighted by Crippen LogP contribution is -2.29. The van der Waals surface area contributed by atoms with E-state index in [0.717, 1.165) is 12.3 Å². The van der Waals surface area contributed by atoms with Crippen molar-refractivity contribution < 1.29 is 18.7 Å². The van der Waals surface area contributed by atoms with Crippen LogP contribution in [0.3, 0.4) is 0 Å². The van der Waals surface area contributed by atoms with E-state index in [2.05, 4.69) is 5.32 Å². The van der Waals surface area contributed by atoms with Gasteiger partial charge >= 0.3 is 5.97 Å². The zero-order chi connectivity index (χ0) is 16.2. The maximum Gasteiger partial charge on any atom is 0.306 e. The molecule has 5 heteroatoms. The highest BCUT2D eigenvalue weighted by molar-refractivity contribution is 5.80. The molecule has 124 valence electrons. The lowest BCUT2D eigenvalue weighted by Gasteiger charge is -2.20. The van der Waals surface area contributed by atoms with Gasteiger partial charge in [-0.25, -0.2) is 4.39 Å². The lowest BCUT2D eigenvalue weighted by molar-refractivity contribution is -0.149. The normalized spacial score (nSPS) is 25.3. The molecule has 1 N–H and O–H groups in total. The van der Waals surface area contributed by atoms with Crippen LogP contribution in [-0.4, -0.2) is 18.5 Å². The molecule has 2 aliphatic rings. The van der Waals surface area contributed by atoms with E-state index in [1.54, 1.807) is 18.2 Å². The van der Waals surface area contributed by atoms with Crippen molar-refractivity contribution in [2.75, 3.05) is 6.61 Å². The summed E-state index contributed by atoms with van der Waals surface area (Å²) in [7, 11) is 0. The second-order valence-corrected chi connectivity index (χ2v) is 6.67. The molecule has 1 amide bonds. The van der Waals surface area contributed by atoms with Crippen LogP contribution >= 0.6 is 0 Å². The highest BCUT2D eigenvalue weighted by atomic mass is 19.1. The van der Waals surface area contributed by atoms with E-state index < -0.39 is 5.91 Å². The summed E-state index contributed by atoms with van der Waals surface area (Å²) >= 11 is 0. The van der Waals surface area contributed by atoms with Crippen molar-refractivity contribution in [2.45, 2.75) is 38.6 Å². The van der Waals surface area contributed by atoms with Crippen LogP contribution in [0.25, 0.3) is 0 Å². The summed E-state index contributed by atoms with van der Waals surface area (Å²) < 4.78 is 18.5. The van der Waals surface area contributed by atoms with E-state index in [-0.39, 0.29) is 24.9 Å². The number of esters is 1. The fourth-order valence-electron chi connectivity index (χ4n) is 3.93. The molecule has 23 heavy (non-hydrogen) atoms. The molecule has 1 aromatic carbocycles. The zero-order valence-corrected chi connectivity index (χ0v) is 13.1. The van der Waals surface area contributed by atoms with Gasteiger partial charge in [0.05, 0.1) is 0 Å². The molecule has 2 saturated carbocycles. The van der Waals surface area contributed by atoms with Crippen LogP contribution in [0.2, 0.25) is 0 Å². The average molecular weight is 319 g/mol. The molecule has 0 radical (unpaired) electrons. The molecule has 0 saturated heterocycles. The van der Waals surface area contributed by atoms with E-state index in [0.29, 0.717) is 23.8 Å². The summed E-state index contributed by atoms with van der Waals surface area (Å²) in [5.41, 5.74) is 0.411. The van der Waals surface area contributed by atoms with Crippen molar-refractivity contribution in [1.29, 1.82) is 0 Å². The Labute approximate surface area is 135 Å². The maximum atomic E-state index is 13.4. The number of carbonyl (C=O) groups excluding carboxylic acids is 2. The van der Waals surface area contributed by atoms with Gasteiger partial charge in [0.2, 0.25) is 0 Å². The minimum Gasteiger partial charge on any atom is -0.456 e. The van der Waals surface area contributed by atoms with Gasteiger partial charge in [0.15, 0.2) is 6.61 Å². The molecule has 0 heterocycles. The van der Waals surface area contributed by atoms with Gasteiger partial charge in [-0.05, 0) is 43.1 Å². The topological polar surface area (TPSA) is 55.4 Å². The average Bonchev–Trinajstić information content (AvgIpc) is 3.15. The van der Waals surface area contributed by atoms with Crippen LogP contribution in [0.15, 0.2) is 24.3 Å². The third kappa shape index (κ3) is 4.09. The molecule has 0 aliphatic heterocycles. The minimum atomic E-state index is -0.408. The van der Waals surface area contributed by atoms with Crippen LogP contribution in [0.4, 0.5) is 4.39 Å². The molecule has 1 aromatic rings. The first-order chi connectivity index (χ1) is 11.1. The van der Waals surface area contributed by atoms with Crippen molar-refractivity contribution >= 4 is 11.9 Å². The number of nitrogens with one attached hydrogen (secondary N) is 1. The Morgan fingerprint density at radius 3 is 2.74 bits per heavy atom. The molecular weight excluding hydrogens is 297 g/mol. The standard InChI is InChI=1S/C18H22FNO3/c19-16-4-2-1-3-14(16)10-20-17(21)11-23-18(22)9-15-8-12-5-6-13(15)7-12/h1-4,12-13,15H,5-11H2,(H,20,21)/t12-,13+,15+/m0/s1. The first-order valence-corrected chi connectivity index (χ1v) is 8.27. The molecule has 4 nitrogen and oxygen atoms in total. The molecule has 3 atom stereocenters. The minimum absolute atomic E-state index is 0.0927. The Balaban J connectivity index is 1.35. The van der Waals surface area contributed by atoms with Crippen molar-refractivity contribution in [3.05, 3.63) is 35.6 Å². The van der Waals surface area contributed by atoms with E-state index in [9.17, 15) is 14.0 Å². The molecule has 3 rings (SSSR count). The van der Waals surface area contributed by atoms with E-state index >= 15 is 0 Å². The summed E-state index contributed by atoms with van der Waals surface area (Å²) in [4.78, 5) is 23.5. The number of benzene rings is 1. The highest BCUT2D eigenvalue weighted by Gasteiger charge is 2.40. The number of halogens is 1. The van der Waals surface area contributed by atoms with Crippen molar-refractivity contribution in [3.8, 4) is 0 Å². The Kier molecular flexibility index (Phi) is 4.94. The van der Waals surface area contributed by atoms with Crippen LogP contribution in [0, 0.1) is 23.6 Å². The van der Waals surface area contributed by atoms with Gasteiger partial charge in [-0.15, -0.1) is 0 Å². The molecule has 2 bridgehead atoms. The maximum absolute atomic E-state index is 13.4. The van der Waals surface area contributed by atoms with Gasteiger partial charge in [-0.1, -0.05) is 24.6 Å². The SMILES string of the molecule is O=C(COC(=O)C[C@H]1C[C@H]2CC[C@@H]1C2)NCc1ccccc1F. The predicted octanol–water partition coefficient (Wildman–Crippen LogP) is 2.81. The summed E-state index contributed by atoms with van der Waals surface area (Å²) in [6.45, 7) is -0.205. The Morgan fingerprint density at radius 2 is 2.04 bits per heavy atom. The van der Waals surface area contributed by atoms with Gasteiger partial charge in [0.1, 0.15) is 5.82 Å². The molecular formula is C18H22FNO3. The Morgan fingerprint density at radius 1 is 1.22 bits per heavy atom. The molecule has 0 unspecified atom stereocenters. The summed E-state index contributed by atoms with van der Waals surface area (Å²) in [6.07, 6.45) is 5.32. The third-order valence-corrected chi connectivity index (χ3v) is 5.11. The predicted molar refractivity (Wildman–Crippen MR) is 82.8 cm³/mol. The Bertz CT molecular complexity index is 589. The van der Waals surface area contributed by atoms with Crippen LogP contribution in [0.5, 0.6) is 0 Å². The first kappa shape index (κ1) is 16.0. The van der Waals surface area contributed by atoms with Crippen molar-refractivity contribution in [1.82, 2.24) is 5.32 Å². The van der Waals surface area contributed by atoms with Gasteiger partial charge in [0, 0.05) is 18.5 Å². The van der Waals surface area contributed by atoms with Crippen LogP contribution in [0.1, 0.15) is 37.7 Å². The van der Waals surface area contributed by atoms with Gasteiger partial charge in [0.25, 0.3) is 5.91 Å². The highest BCUT2D eigenvalue weighted by Crippen LogP contribution is 2.49. The fourth-order valence-corrected chi connectivity index (χ4v) is 3.93. The number of hydrogen-bond donors (Lipinski definition) is 1. The van der Waals surface area contributed by atoms with Crippen LogP contribution in [-0.2, 0) is 20.9 Å². The summed E-state index contributed by atoms with van der Waals surface area (Å²) in [5, 5.41) is 2.56. The smallest absolute Gasteiger partial charge is 0.306 e. The monoisotopic (exact) mass is 319 g/mol. The molecule has 2 fully saturated rings. The lowest BCUT2D eigenvalue weighted by atomic mass is 9.86. The van der Waals surface area contributed by atoms with E-state index in [4.69, 9.17) is 4.74 Å². The third-order valence-electron chi connectivity index (χ3n) is 5.11. The number of carbonyl (C=O) groups is 2. The van der Waals surface area contributed by atoms with Gasteiger partial charge < -0.3 is 10.1 Å². The largest absolute Gasteiger partial charge is 0.456 e. The summed E-state index contributed by atoms with van der Waals surface area (Å²) in [6, 6.07) is 6.26. The fraction of sp³-hybridized carbons (Fsp3) is 0.556. The first-order valence-electron chi connectivity index (χ1n) is 8.27. The molecule has 0 spiro atoms. The van der Waals surface area contributed by atoms with Crippen LogP contribution < -0.4 is 5.32 Å². The molecule has 2 aliphatic carbocycles. The second kappa shape index (κ2) is 7.11. The number of hydrogen-bond acceptors (Lipinski definition) is 3. The molecule has 0 aromatic heterocycles. The van der Waals surface area contributed by atoms with Crippen molar-refractivity contribution in [3.63, 3.8) is 0 Å². The number of fused-ring (bicyclic) bond motifs is 2. The quantitative estimate of drug-likeness (QED) is 0.820. The number of rotatable bonds is 6. The van der Waals surface area contributed by atoms with E-state index in [1.807, 2.05) is 0 Å². The number of amides is 1. The zero-order valence-electron chi connectivity index (χ0n) is 13.1. The van der Waals surface area contributed by atoms with Gasteiger partial charge in [-0.3, -0.25) is 9.59 Å². The van der Waals surface area contributed by atoms with E-state index in [1.165, 1.54) is 25.3 Å². The summed E-state index contributed by atoms with van der Waals surface area (Å²) in [5.74, 6) is 0.825. The second-order valence-electron chi connectivity index (χ2n) is 6.67. The number of ether oxygens (including phenoxy) is 1.